The summed E-state index contributed by atoms with van der Waals surface area (Å²) in [5, 5.41) is 4.00. The number of hydrogen-bond acceptors (Lipinski definition) is 4. The van der Waals surface area contributed by atoms with Crippen molar-refractivity contribution in [2.75, 3.05) is 0 Å². The van der Waals surface area contributed by atoms with Crippen LogP contribution < -0.4 is 10.5 Å². The van der Waals surface area contributed by atoms with Crippen molar-refractivity contribution in [2.24, 2.45) is 5.73 Å². The van der Waals surface area contributed by atoms with Crippen LogP contribution in [0.25, 0.3) is 11.3 Å². The van der Waals surface area contributed by atoms with Gasteiger partial charge >= 0.3 is 0 Å². The number of aromatic nitrogens is 1. The molecule has 1 atom stereocenters. The van der Waals surface area contributed by atoms with Gasteiger partial charge in [0.05, 0.1) is 12.1 Å². The lowest BCUT2D eigenvalue weighted by atomic mass is 10.1. The zero-order chi connectivity index (χ0) is 13.1. The van der Waals surface area contributed by atoms with Gasteiger partial charge in [0, 0.05) is 11.6 Å². The highest BCUT2D eigenvalue weighted by Crippen LogP contribution is 2.24. The minimum atomic E-state index is -0.144. The van der Waals surface area contributed by atoms with Gasteiger partial charge in [-0.05, 0) is 45.0 Å². The summed E-state index contributed by atoms with van der Waals surface area (Å²) in [4.78, 5) is 0. The summed E-state index contributed by atoms with van der Waals surface area (Å²) in [6.07, 6.45) is 0.174. The molecular formula is C14H18N2O2. The van der Waals surface area contributed by atoms with E-state index >= 15 is 0 Å². The van der Waals surface area contributed by atoms with Crippen molar-refractivity contribution >= 4 is 0 Å². The summed E-state index contributed by atoms with van der Waals surface area (Å²) in [7, 11) is 0. The standard InChI is InChI=1S/C14H18N2O2/c1-9(2)17-12-6-4-11(5-7-12)13-8-14(10(3)15)18-16-13/h4-10H,15H2,1-3H3. The van der Waals surface area contributed by atoms with E-state index in [2.05, 4.69) is 5.16 Å². The molecule has 0 saturated heterocycles. The Morgan fingerprint density at radius 3 is 2.33 bits per heavy atom. The maximum atomic E-state index is 5.73. The molecule has 0 saturated carbocycles. The van der Waals surface area contributed by atoms with E-state index in [4.69, 9.17) is 15.0 Å². The molecule has 1 aromatic carbocycles. The lowest BCUT2D eigenvalue weighted by molar-refractivity contribution is 0.242. The maximum absolute atomic E-state index is 5.73. The van der Waals surface area contributed by atoms with Crippen LogP contribution in [-0.4, -0.2) is 11.3 Å². The first-order valence-electron chi connectivity index (χ1n) is 6.05. The Morgan fingerprint density at radius 1 is 1.17 bits per heavy atom. The SMILES string of the molecule is CC(C)Oc1ccc(-c2cc(C(C)N)on2)cc1. The molecule has 2 aromatic rings. The Hall–Kier alpha value is -1.81. The molecule has 1 unspecified atom stereocenters. The van der Waals surface area contributed by atoms with Crippen LogP contribution in [0.1, 0.15) is 32.6 Å². The highest BCUT2D eigenvalue weighted by molar-refractivity contribution is 5.59. The molecule has 0 aliphatic rings. The third kappa shape index (κ3) is 2.90. The van der Waals surface area contributed by atoms with E-state index in [0.717, 1.165) is 17.0 Å². The second-order valence-electron chi connectivity index (χ2n) is 4.59. The number of nitrogens with zero attached hydrogens (tertiary/aromatic N) is 1. The van der Waals surface area contributed by atoms with E-state index in [9.17, 15) is 0 Å². The summed E-state index contributed by atoms with van der Waals surface area (Å²) in [5.74, 6) is 1.54. The van der Waals surface area contributed by atoms with Gasteiger partial charge in [-0.1, -0.05) is 5.16 Å². The fourth-order valence-electron chi connectivity index (χ4n) is 1.62. The first-order chi connectivity index (χ1) is 8.56. The van der Waals surface area contributed by atoms with Crippen LogP contribution in [0.5, 0.6) is 5.75 Å². The first kappa shape index (κ1) is 12.6. The molecule has 0 amide bonds. The lowest BCUT2D eigenvalue weighted by Gasteiger charge is -2.09. The quantitative estimate of drug-likeness (QED) is 0.900. The highest BCUT2D eigenvalue weighted by Gasteiger charge is 2.09. The van der Waals surface area contributed by atoms with Gasteiger partial charge in [-0.15, -0.1) is 0 Å². The van der Waals surface area contributed by atoms with Gasteiger partial charge in [0.1, 0.15) is 11.4 Å². The van der Waals surface area contributed by atoms with Crippen LogP contribution in [0.2, 0.25) is 0 Å². The monoisotopic (exact) mass is 246 g/mol. The zero-order valence-corrected chi connectivity index (χ0v) is 10.9. The molecule has 0 spiro atoms. The molecule has 0 fully saturated rings. The predicted molar refractivity (Wildman–Crippen MR) is 70.3 cm³/mol. The topological polar surface area (TPSA) is 61.3 Å². The Labute approximate surface area is 107 Å². The Bertz CT molecular complexity index is 501. The third-order valence-electron chi connectivity index (χ3n) is 2.50. The molecule has 0 aliphatic carbocycles. The zero-order valence-electron chi connectivity index (χ0n) is 10.9. The summed E-state index contributed by atoms with van der Waals surface area (Å²) in [5.41, 5.74) is 7.51. The molecule has 18 heavy (non-hydrogen) atoms. The van der Waals surface area contributed by atoms with Crippen molar-refractivity contribution in [3.05, 3.63) is 36.1 Å². The van der Waals surface area contributed by atoms with Crippen molar-refractivity contribution in [3.8, 4) is 17.0 Å². The van der Waals surface area contributed by atoms with E-state index in [1.807, 2.05) is 51.1 Å². The van der Waals surface area contributed by atoms with Crippen LogP contribution in [-0.2, 0) is 0 Å². The van der Waals surface area contributed by atoms with Gasteiger partial charge in [-0.2, -0.15) is 0 Å². The van der Waals surface area contributed by atoms with E-state index in [1.165, 1.54) is 0 Å². The van der Waals surface area contributed by atoms with Gasteiger partial charge < -0.3 is 15.0 Å². The maximum Gasteiger partial charge on any atom is 0.153 e. The van der Waals surface area contributed by atoms with Crippen LogP contribution in [0.3, 0.4) is 0 Å². The Kier molecular flexibility index (Phi) is 3.67. The third-order valence-corrected chi connectivity index (χ3v) is 2.50. The van der Waals surface area contributed by atoms with Crippen LogP contribution in [0.4, 0.5) is 0 Å². The molecule has 2 N–H and O–H groups in total. The van der Waals surface area contributed by atoms with E-state index in [0.29, 0.717) is 5.76 Å². The fraction of sp³-hybridized carbons (Fsp3) is 0.357. The van der Waals surface area contributed by atoms with Crippen LogP contribution >= 0.6 is 0 Å². The van der Waals surface area contributed by atoms with Crippen molar-refractivity contribution in [3.63, 3.8) is 0 Å². The minimum absolute atomic E-state index is 0.144. The number of rotatable bonds is 4. The number of benzene rings is 1. The molecule has 4 heteroatoms. The van der Waals surface area contributed by atoms with E-state index < -0.39 is 0 Å². The highest BCUT2D eigenvalue weighted by atomic mass is 16.5. The Balaban J connectivity index is 2.17. The van der Waals surface area contributed by atoms with Crippen LogP contribution in [0, 0.1) is 0 Å². The molecule has 4 nitrogen and oxygen atoms in total. The fourth-order valence-corrected chi connectivity index (χ4v) is 1.62. The van der Waals surface area contributed by atoms with Crippen LogP contribution in [0.15, 0.2) is 34.9 Å². The van der Waals surface area contributed by atoms with Gasteiger partial charge in [-0.25, -0.2) is 0 Å². The first-order valence-corrected chi connectivity index (χ1v) is 6.05. The smallest absolute Gasteiger partial charge is 0.153 e. The van der Waals surface area contributed by atoms with E-state index in [1.54, 1.807) is 0 Å². The van der Waals surface area contributed by atoms with Gasteiger partial charge in [0.2, 0.25) is 0 Å². The largest absolute Gasteiger partial charge is 0.491 e. The average molecular weight is 246 g/mol. The second-order valence-corrected chi connectivity index (χ2v) is 4.59. The molecule has 0 bridgehead atoms. The van der Waals surface area contributed by atoms with Crippen molar-refractivity contribution in [2.45, 2.75) is 32.9 Å². The predicted octanol–water partition coefficient (Wildman–Crippen LogP) is 3.15. The van der Waals surface area contributed by atoms with Gasteiger partial charge in [0.25, 0.3) is 0 Å². The molecular weight excluding hydrogens is 228 g/mol. The normalized spacial score (nSPS) is 12.7. The van der Waals surface area contributed by atoms with Gasteiger partial charge in [-0.3, -0.25) is 0 Å². The summed E-state index contributed by atoms with van der Waals surface area (Å²) in [6.45, 7) is 5.87. The molecule has 0 aliphatic heterocycles. The summed E-state index contributed by atoms with van der Waals surface area (Å²) in [6, 6.07) is 9.49. The van der Waals surface area contributed by atoms with Gasteiger partial charge in [0.15, 0.2) is 5.76 Å². The molecule has 96 valence electrons. The van der Waals surface area contributed by atoms with Crippen molar-refractivity contribution in [1.29, 1.82) is 0 Å². The lowest BCUT2D eigenvalue weighted by Crippen LogP contribution is -2.05. The van der Waals surface area contributed by atoms with Crippen molar-refractivity contribution in [1.82, 2.24) is 5.16 Å². The van der Waals surface area contributed by atoms with Crippen molar-refractivity contribution < 1.29 is 9.26 Å². The minimum Gasteiger partial charge on any atom is -0.491 e. The molecule has 2 rings (SSSR count). The Morgan fingerprint density at radius 2 is 1.83 bits per heavy atom. The second kappa shape index (κ2) is 5.23. The average Bonchev–Trinajstić information content (AvgIpc) is 2.78. The molecule has 1 aromatic heterocycles. The molecule has 1 heterocycles. The summed E-state index contributed by atoms with van der Waals surface area (Å²) < 4.78 is 10.8. The summed E-state index contributed by atoms with van der Waals surface area (Å²) >= 11 is 0. The molecule has 0 radical (unpaired) electrons. The number of ether oxygens (including phenoxy) is 1. The van der Waals surface area contributed by atoms with E-state index in [-0.39, 0.29) is 12.1 Å². The number of nitrogens with two attached hydrogens (primary N) is 1. The number of hydrogen-bond donors (Lipinski definition) is 1.